The van der Waals surface area contributed by atoms with E-state index in [-0.39, 0.29) is 22.6 Å². The molecule has 0 aliphatic heterocycles. The predicted molar refractivity (Wildman–Crippen MR) is 77.1 cm³/mol. The van der Waals surface area contributed by atoms with Crippen LogP contribution in [-0.4, -0.2) is 23.3 Å². The van der Waals surface area contributed by atoms with Gasteiger partial charge in [0, 0.05) is 6.07 Å². The van der Waals surface area contributed by atoms with Crippen LogP contribution in [0.3, 0.4) is 0 Å². The summed E-state index contributed by atoms with van der Waals surface area (Å²) in [4.78, 5) is 11.4. The summed E-state index contributed by atoms with van der Waals surface area (Å²) in [6.07, 6.45) is 0. The van der Waals surface area contributed by atoms with Crippen LogP contribution in [0.5, 0.6) is 23.0 Å². The van der Waals surface area contributed by atoms with Gasteiger partial charge in [-0.25, -0.2) is 4.79 Å². The number of phenols is 2. The maximum absolute atomic E-state index is 11.4. The minimum Gasteiger partial charge on any atom is -0.504 e. The van der Waals surface area contributed by atoms with Crippen molar-refractivity contribution < 1.29 is 24.5 Å². The molecule has 23 heavy (non-hydrogen) atoms. The van der Waals surface area contributed by atoms with Gasteiger partial charge in [0.05, 0.1) is 18.2 Å². The van der Waals surface area contributed by atoms with Crippen LogP contribution in [0.1, 0.15) is 21.5 Å². The van der Waals surface area contributed by atoms with Gasteiger partial charge >= 0.3 is 5.97 Å². The van der Waals surface area contributed by atoms with Crippen LogP contribution in [0.15, 0.2) is 30.3 Å². The maximum atomic E-state index is 11.4. The van der Waals surface area contributed by atoms with Crippen molar-refractivity contribution in [3.8, 4) is 35.1 Å². The van der Waals surface area contributed by atoms with Crippen molar-refractivity contribution in [1.29, 1.82) is 10.5 Å². The molecule has 0 fully saturated rings. The molecule has 2 N–H and O–H groups in total. The van der Waals surface area contributed by atoms with Gasteiger partial charge in [-0.3, -0.25) is 0 Å². The monoisotopic (exact) mass is 310 g/mol. The third kappa shape index (κ3) is 2.99. The summed E-state index contributed by atoms with van der Waals surface area (Å²) in [6.45, 7) is 0. The molecule has 0 heterocycles. The Morgan fingerprint density at radius 1 is 1.13 bits per heavy atom. The lowest BCUT2D eigenvalue weighted by Crippen LogP contribution is -2.00. The number of nitrogens with zero attached hydrogens (tertiary/aromatic N) is 2. The average Bonchev–Trinajstić information content (AvgIpc) is 2.58. The first-order valence-electron chi connectivity index (χ1n) is 6.27. The fraction of sp³-hybridized carbons (Fsp3) is 0.0625. The fourth-order valence-electron chi connectivity index (χ4n) is 1.83. The average molecular weight is 310 g/mol. The SMILES string of the molecule is COC(=O)c1ccc(Oc2c(C#N)cc(O)c(O)c2C#N)cc1. The molecule has 0 spiro atoms. The van der Waals surface area contributed by atoms with E-state index in [1.54, 1.807) is 12.1 Å². The Labute approximate surface area is 131 Å². The second kappa shape index (κ2) is 6.37. The first-order valence-corrected chi connectivity index (χ1v) is 6.27. The van der Waals surface area contributed by atoms with E-state index in [0.717, 1.165) is 6.07 Å². The lowest BCUT2D eigenvalue weighted by atomic mass is 10.1. The minimum absolute atomic E-state index is 0.117. The van der Waals surface area contributed by atoms with Crippen LogP contribution < -0.4 is 4.74 Å². The standard InChI is InChI=1S/C16H10N2O5/c1-22-16(21)9-2-4-11(5-3-9)23-15-10(7-17)6-13(19)14(20)12(15)8-18/h2-6,19-20H,1H3. The third-order valence-electron chi connectivity index (χ3n) is 2.96. The number of aromatic hydroxyl groups is 2. The Balaban J connectivity index is 2.45. The quantitative estimate of drug-likeness (QED) is 0.659. The molecule has 0 aromatic heterocycles. The number of phenolic OH excluding ortho intramolecular Hbond substituents is 2. The Morgan fingerprint density at radius 2 is 1.78 bits per heavy atom. The molecule has 7 heteroatoms. The van der Waals surface area contributed by atoms with Gasteiger partial charge in [0.25, 0.3) is 0 Å². The van der Waals surface area contributed by atoms with Crippen molar-refractivity contribution in [1.82, 2.24) is 0 Å². The van der Waals surface area contributed by atoms with Crippen molar-refractivity contribution in [3.63, 3.8) is 0 Å². The molecule has 0 radical (unpaired) electrons. The van der Waals surface area contributed by atoms with Crippen LogP contribution >= 0.6 is 0 Å². The predicted octanol–water partition coefficient (Wildman–Crippen LogP) is 2.42. The number of nitriles is 2. The molecule has 0 aliphatic carbocycles. The van der Waals surface area contributed by atoms with Crippen molar-refractivity contribution in [3.05, 3.63) is 47.0 Å². The van der Waals surface area contributed by atoms with Crippen molar-refractivity contribution in [2.45, 2.75) is 0 Å². The number of methoxy groups -OCH3 is 1. The second-order valence-electron chi connectivity index (χ2n) is 4.34. The zero-order chi connectivity index (χ0) is 17.0. The number of benzene rings is 2. The summed E-state index contributed by atoms with van der Waals surface area (Å²) < 4.78 is 10.0. The molecule has 0 aliphatic rings. The molecule has 0 amide bonds. The number of rotatable bonds is 3. The summed E-state index contributed by atoms with van der Waals surface area (Å²) in [5, 5.41) is 37.4. The molecule has 0 saturated heterocycles. The van der Waals surface area contributed by atoms with Gasteiger partial charge in [-0.1, -0.05) is 0 Å². The highest BCUT2D eigenvalue weighted by atomic mass is 16.5. The number of hydrogen-bond donors (Lipinski definition) is 2. The summed E-state index contributed by atoms with van der Waals surface area (Å²) in [5.74, 6) is -1.74. The normalized spacial score (nSPS) is 9.52. The lowest BCUT2D eigenvalue weighted by molar-refractivity contribution is 0.0600. The van der Waals surface area contributed by atoms with E-state index in [1.807, 2.05) is 0 Å². The van der Waals surface area contributed by atoms with Gasteiger partial charge in [0.2, 0.25) is 0 Å². The number of esters is 1. The van der Waals surface area contributed by atoms with Crippen LogP contribution in [0.25, 0.3) is 0 Å². The highest BCUT2D eigenvalue weighted by molar-refractivity contribution is 5.89. The number of carbonyl (C=O) groups excluding carboxylic acids is 1. The van der Waals surface area contributed by atoms with Crippen LogP contribution in [-0.2, 0) is 4.74 Å². The van der Waals surface area contributed by atoms with E-state index < -0.39 is 17.5 Å². The molecule has 0 saturated carbocycles. The highest BCUT2D eigenvalue weighted by Crippen LogP contribution is 2.40. The molecule has 2 rings (SSSR count). The topological polar surface area (TPSA) is 124 Å². The second-order valence-corrected chi connectivity index (χ2v) is 4.34. The Morgan fingerprint density at radius 3 is 2.30 bits per heavy atom. The Bertz CT molecular complexity index is 845. The smallest absolute Gasteiger partial charge is 0.337 e. The lowest BCUT2D eigenvalue weighted by Gasteiger charge is -2.11. The van der Waals surface area contributed by atoms with Gasteiger partial charge < -0.3 is 19.7 Å². The van der Waals surface area contributed by atoms with E-state index in [4.69, 9.17) is 15.3 Å². The molecular weight excluding hydrogens is 300 g/mol. The van der Waals surface area contributed by atoms with Crippen molar-refractivity contribution in [2.24, 2.45) is 0 Å². The molecule has 7 nitrogen and oxygen atoms in total. The van der Waals surface area contributed by atoms with E-state index in [1.165, 1.54) is 31.4 Å². The summed E-state index contributed by atoms with van der Waals surface area (Å²) in [7, 11) is 1.25. The van der Waals surface area contributed by atoms with Gasteiger partial charge in [-0.05, 0) is 24.3 Å². The van der Waals surface area contributed by atoms with Crippen LogP contribution in [0, 0.1) is 22.7 Å². The first kappa shape index (κ1) is 15.7. The Kier molecular flexibility index (Phi) is 4.34. The van der Waals surface area contributed by atoms with Crippen molar-refractivity contribution >= 4 is 5.97 Å². The number of ether oxygens (including phenoxy) is 2. The largest absolute Gasteiger partial charge is 0.504 e. The van der Waals surface area contributed by atoms with E-state index >= 15 is 0 Å². The van der Waals surface area contributed by atoms with Crippen molar-refractivity contribution in [2.75, 3.05) is 7.11 Å². The first-order chi connectivity index (χ1) is 11.0. The van der Waals surface area contributed by atoms with Crippen LogP contribution in [0.4, 0.5) is 0 Å². The molecule has 0 unspecified atom stereocenters. The summed E-state index contributed by atoms with van der Waals surface area (Å²) in [5.41, 5.74) is -0.179. The molecule has 114 valence electrons. The van der Waals surface area contributed by atoms with E-state index in [2.05, 4.69) is 4.74 Å². The van der Waals surface area contributed by atoms with E-state index in [0.29, 0.717) is 5.56 Å². The molecule has 2 aromatic carbocycles. The fourth-order valence-corrected chi connectivity index (χ4v) is 1.83. The zero-order valence-electron chi connectivity index (χ0n) is 11.9. The maximum Gasteiger partial charge on any atom is 0.337 e. The van der Waals surface area contributed by atoms with Gasteiger partial charge in [0.15, 0.2) is 17.2 Å². The van der Waals surface area contributed by atoms with Gasteiger partial charge in [0.1, 0.15) is 23.5 Å². The molecule has 0 atom stereocenters. The molecular formula is C16H10N2O5. The highest BCUT2D eigenvalue weighted by Gasteiger charge is 2.19. The third-order valence-corrected chi connectivity index (χ3v) is 2.96. The van der Waals surface area contributed by atoms with Gasteiger partial charge in [-0.15, -0.1) is 0 Å². The van der Waals surface area contributed by atoms with E-state index in [9.17, 15) is 15.0 Å². The zero-order valence-corrected chi connectivity index (χ0v) is 11.9. The minimum atomic E-state index is -0.673. The summed E-state index contributed by atoms with van der Waals surface area (Å²) >= 11 is 0. The molecule has 0 bridgehead atoms. The van der Waals surface area contributed by atoms with Gasteiger partial charge in [-0.2, -0.15) is 10.5 Å². The molecule has 2 aromatic rings. The Hall–Kier alpha value is -3.71. The van der Waals surface area contributed by atoms with Crippen LogP contribution in [0.2, 0.25) is 0 Å². The number of hydrogen-bond acceptors (Lipinski definition) is 7. The summed E-state index contributed by atoms with van der Waals surface area (Å²) in [6, 6.07) is 10.2. The number of carbonyl (C=O) groups is 1.